The monoisotopic (exact) mass is 157 g/mol. The number of hydrogen-bond acceptors (Lipinski definition) is 2. The first-order valence-electron chi connectivity index (χ1n) is 4.18. The fourth-order valence-corrected chi connectivity index (χ4v) is 1.43. The molecule has 1 rings (SSSR count). The summed E-state index contributed by atoms with van der Waals surface area (Å²) < 4.78 is 0. The standard InChI is InChI=1S/C8H15NO2/c1-2-3-7(10)6-4-8(11)9-5-6/h6-7,10H,2-5H2,1H3,(H,9,11). The second kappa shape index (κ2) is 3.72. The molecule has 0 radical (unpaired) electrons. The molecule has 0 aromatic carbocycles. The molecule has 1 saturated heterocycles. The molecule has 1 heterocycles. The van der Waals surface area contributed by atoms with Crippen LogP contribution in [0.5, 0.6) is 0 Å². The maximum atomic E-state index is 10.7. The molecule has 11 heavy (non-hydrogen) atoms. The van der Waals surface area contributed by atoms with Gasteiger partial charge < -0.3 is 10.4 Å². The highest BCUT2D eigenvalue weighted by Crippen LogP contribution is 2.16. The minimum Gasteiger partial charge on any atom is -0.393 e. The van der Waals surface area contributed by atoms with Gasteiger partial charge in [0.05, 0.1) is 6.10 Å². The largest absolute Gasteiger partial charge is 0.393 e. The number of aliphatic hydroxyl groups excluding tert-OH is 1. The smallest absolute Gasteiger partial charge is 0.220 e. The van der Waals surface area contributed by atoms with Crippen LogP contribution in [0.15, 0.2) is 0 Å². The van der Waals surface area contributed by atoms with Gasteiger partial charge in [0.1, 0.15) is 0 Å². The summed E-state index contributed by atoms with van der Waals surface area (Å²) in [5, 5.41) is 12.2. The van der Waals surface area contributed by atoms with Crippen LogP contribution in [0.4, 0.5) is 0 Å². The number of hydrogen-bond donors (Lipinski definition) is 2. The lowest BCUT2D eigenvalue weighted by atomic mass is 9.98. The molecule has 2 atom stereocenters. The van der Waals surface area contributed by atoms with Gasteiger partial charge in [-0.05, 0) is 6.42 Å². The zero-order chi connectivity index (χ0) is 8.27. The minimum absolute atomic E-state index is 0.0742. The first-order valence-corrected chi connectivity index (χ1v) is 4.18. The summed E-state index contributed by atoms with van der Waals surface area (Å²) in [4.78, 5) is 10.7. The average Bonchev–Trinajstić information content (AvgIpc) is 2.36. The van der Waals surface area contributed by atoms with E-state index >= 15 is 0 Å². The molecule has 0 aromatic heterocycles. The van der Waals surface area contributed by atoms with Gasteiger partial charge in [0.2, 0.25) is 5.91 Å². The first kappa shape index (κ1) is 8.53. The van der Waals surface area contributed by atoms with Crippen LogP contribution < -0.4 is 5.32 Å². The maximum Gasteiger partial charge on any atom is 0.220 e. The summed E-state index contributed by atoms with van der Waals surface area (Å²) in [6.45, 7) is 2.69. The Morgan fingerprint density at radius 3 is 3.00 bits per heavy atom. The van der Waals surface area contributed by atoms with Crippen LogP contribution in [-0.4, -0.2) is 23.7 Å². The van der Waals surface area contributed by atoms with Crippen LogP contribution in [0.1, 0.15) is 26.2 Å². The molecule has 0 spiro atoms. The van der Waals surface area contributed by atoms with E-state index < -0.39 is 0 Å². The lowest BCUT2D eigenvalue weighted by molar-refractivity contribution is -0.119. The summed E-state index contributed by atoms with van der Waals surface area (Å²) in [6, 6.07) is 0. The molecule has 1 fully saturated rings. The van der Waals surface area contributed by atoms with E-state index in [1.54, 1.807) is 0 Å². The van der Waals surface area contributed by atoms with Crippen molar-refractivity contribution in [1.82, 2.24) is 5.32 Å². The number of amides is 1. The summed E-state index contributed by atoms with van der Waals surface area (Å²) in [7, 11) is 0. The molecule has 2 unspecified atom stereocenters. The van der Waals surface area contributed by atoms with Crippen LogP contribution in [-0.2, 0) is 4.79 Å². The number of aliphatic hydroxyl groups is 1. The van der Waals surface area contributed by atoms with E-state index in [9.17, 15) is 9.90 Å². The van der Waals surface area contributed by atoms with Crippen LogP contribution in [0.2, 0.25) is 0 Å². The molecule has 0 aromatic rings. The van der Waals surface area contributed by atoms with Crippen molar-refractivity contribution in [2.45, 2.75) is 32.3 Å². The SMILES string of the molecule is CCCC(O)C1CNC(=O)C1. The van der Waals surface area contributed by atoms with Crippen molar-refractivity contribution < 1.29 is 9.90 Å². The number of nitrogens with one attached hydrogen (secondary N) is 1. The van der Waals surface area contributed by atoms with Crippen molar-refractivity contribution in [1.29, 1.82) is 0 Å². The van der Waals surface area contributed by atoms with Crippen LogP contribution in [0.25, 0.3) is 0 Å². The molecule has 0 bridgehead atoms. The van der Waals surface area contributed by atoms with Crippen molar-refractivity contribution in [3.8, 4) is 0 Å². The van der Waals surface area contributed by atoms with E-state index in [1.165, 1.54) is 0 Å². The highest BCUT2D eigenvalue weighted by molar-refractivity contribution is 5.78. The fraction of sp³-hybridized carbons (Fsp3) is 0.875. The second-order valence-electron chi connectivity index (χ2n) is 3.12. The van der Waals surface area contributed by atoms with E-state index in [2.05, 4.69) is 5.32 Å². The van der Waals surface area contributed by atoms with Gasteiger partial charge in [0.25, 0.3) is 0 Å². The maximum absolute atomic E-state index is 10.7. The van der Waals surface area contributed by atoms with Crippen LogP contribution >= 0.6 is 0 Å². The van der Waals surface area contributed by atoms with Crippen molar-refractivity contribution in [2.75, 3.05) is 6.54 Å². The Labute approximate surface area is 66.8 Å². The third-order valence-corrected chi connectivity index (χ3v) is 2.14. The van der Waals surface area contributed by atoms with Crippen molar-refractivity contribution in [2.24, 2.45) is 5.92 Å². The zero-order valence-electron chi connectivity index (χ0n) is 6.84. The molecule has 2 N–H and O–H groups in total. The molecular formula is C8H15NO2. The molecule has 0 aliphatic carbocycles. The van der Waals surface area contributed by atoms with E-state index in [1.807, 2.05) is 6.92 Å². The van der Waals surface area contributed by atoms with Gasteiger partial charge in [-0.1, -0.05) is 13.3 Å². The van der Waals surface area contributed by atoms with Crippen LogP contribution in [0.3, 0.4) is 0 Å². The quantitative estimate of drug-likeness (QED) is 0.618. The summed E-state index contributed by atoms with van der Waals surface area (Å²) in [5.41, 5.74) is 0. The minimum atomic E-state index is -0.293. The second-order valence-corrected chi connectivity index (χ2v) is 3.12. The fourth-order valence-electron chi connectivity index (χ4n) is 1.43. The molecule has 64 valence electrons. The van der Waals surface area contributed by atoms with Gasteiger partial charge in [-0.3, -0.25) is 4.79 Å². The van der Waals surface area contributed by atoms with E-state index in [4.69, 9.17) is 0 Å². The summed E-state index contributed by atoms with van der Waals surface area (Å²) in [5.74, 6) is 0.229. The Bertz CT molecular complexity index is 147. The van der Waals surface area contributed by atoms with Crippen LogP contribution in [0, 0.1) is 5.92 Å². The molecule has 0 saturated carbocycles. The highest BCUT2D eigenvalue weighted by atomic mass is 16.3. The first-order chi connectivity index (χ1) is 5.24. The molecule has 1 amide bonds. The Balaban J connectivity index is 2.30. The Kier molecular flexibility index (Phi) is 2.88. The molecule has 3 nitrogen and oxygen atoms in total. The van der Waals surface area contributed by atoms with Crippen molar-refractivity contribution in [3.63, 3.8) is 0 Å². The van der Waals surface area contributed by atoms with E-state index in [-0.39, 0.29) is 17.9 Å². The van der Waals surface area contributed by atoms with Gasteiger partial charge in [0, 0.05) is 18.9 Å². The Morgan fingerprint density at radius 1 is 1.82 bits per heavy atom. The molecule has 3 heteroatoms. The summed E-state index contributed by atoms with van der Waals surface area (Å²) in [6.07, 6.45) is 1.99. The predicted octanol–water partition coefficient (Wildman–Crippen LogP) is 0.283. The lowest BCUT2D eigenvalue weighted by Gasteiger charge is -2.14. The molecule has 1 aliphatic heterocycles. The Hall–Kier alpha value is -0.570. The van der Waals surface area contributed by atoms with E-state index in [0.29, 0.717) is 13.0 Å². The van der Waals surface area contributed by atoms with E-state index in [0.717, 1.165) is 12.8 Å². The van der Waals surface area contributed by atoms with Gasteiger partial charge in [-0.25, -0.2) is 0 Å². The third kappa shape index (κ3) is 2.19. The van der Waals surface area contributed by atoms with Crippen molar-refractivity contribution in [3.05, 3.63) is 0 Å². The Morgan fingerprint density at radius 2 is 2.55 bits per heavy atom. The predicted molar refractivity (Wildman–Crippen MR) is 42.0 cm³/mol. The average molecular weight is 157 g/mol. The lowest BCUT2D eigenvalue weighted by Crippen LogP contribution is -2.22. The van der Waals surface area contributed by atoms with Gasteiger partial charge in [-0.2, -0.15) is 0 Å². The van der Waals surface area contributed by atoms with Crippen molar-refractivity contribution >= 4 is 5.91 Å². The van der Waals surface area contributed by atoms with Gasteiger partial charge in [0.15, 0.2) is 0 Å². The van der Waals surface area contributed by atoms with Gasteiger partial charge >= 0.3 is 0 Å². The number of carbonyl (C=O) groups excluding carboxylic acids is 1. The summed E-state index contributed by atoms with van der Waals surface area (Å²) >= 11 is 0. The van der Waals surface area contributed by atoms with Gasteiger partial charge in [-0.15, -0.1) is 0 Å². The number of rotatable bonds is 3. The highest BCUT2D eigenvalue weighted by Gasteiger charge is 2.26. The normalized spacial score (nSPS) is 26.7. The molecular weight excluding hydrogens is 142 g/mol. The number of carbonyl (C=O) groups is 1. The topological polar surface area (TPSA) is 49.3 Å². The third-order valence-electron chi connectivity index (χ3n) is 2.14. The molecule has 1 aliphatic rings. The zero-order valence-corrected chi connectivity index (χ0v) is 6.84.